The number of benzene rings is 2. The molecule has 154 valence electrons. The first-order chi connectivity index (χ1) is 14.4. The van der Waals surface area contributed by atoms with Crippen LogP contribution in [-0.4, -0.2) is 25.0 Å². The van der Waals surface area contributed by atoms with Gasteiger partial charge in [-0.3, -0.25) is 19.2 Å². The number of carbonyl (C=O) groups is 1. The Morgan fingerprint density at radius 3 is 2.30 bits per heavy atom. The smallest absolute Gasteiger partial charge is 0.323 e. The third-order valence-corrected chi connectivity index (χ3v) is 5.06. The second-order valence-electron chi connectivity index (χ2n) is 6.97. The summed E-state index contributed by atoms with van der Waals surface area (Å²) in [5.41, 5.74) is 4.39. The van der Waals surface area contributed by atoms with Crippen LogP contribution in [0, 0.1) is 5.82 Å². The first kappa shape index (κ1) is 19.6. The van der Waals surface area contributed by atoms with Gasteiger partial charge in [-0.15, -0.1) is 0 Å². The lowest BCUT2D eigenvalue weighted by molar-refractivity contribution is -0.114. The summed E-state index contributed by atoms with van der Waals surface area (Å²) < 4.78 is 16.9. The van der Waals surface area contributed by atoms with E-state index in [0.717, 1.165) is 22.2 Å². The summed E-state index contributed by atoms with van der Waals surface area (Å²) in [6.07, 6.45) is 0. The zero-order valence-electron chi connectivity index (χ0n) is 17.0. The van der Waals surface area contributed by atoms with Crippen molar-refractivity contribution in [3.05, 3.63) is 58.8 Å². The van der Waals surface area contributed by atoms with Gasteiger partial charge in [0.05, 0.1) is 22.4 Å². The summed E-state index contributed by atoms with van der Waals surface area (Å²) in [7, 11) is 0. The lowest BCUT2D eigenvalue weighted by atomic mass is 10.0. The fraction of sp³-hybridized carbons (Fsp3) is 0.227. The molecule has 8 heteroatoms. The van der Waals surface area contributed by atoms with Crippen molar-refractivity contribution < 1.29 is 9.18 Å². The molecule has 0 aliphatic heterocycles. The van der Waals surface area contributed by atoms with Crippen LogP contribution in [0.15, 0.2) is 47.3 Å². The van der Waals surface area contributed by atoms with Gasteiger partial charge in [0.15, 0.2) is 0 Å². The molecule has 0 aliphatic rings. The predicted octanol–water partition coefficient (Wildman–Crippen LogP) is 4.00. The van der Waals surface area contributed by atoms with Gasteiger partial charge < -0.3 is 4.98 Å². The van der Waals surface area contributed by atoms with Gasteiger partial charge in [-0.2, -0.15) is 0 Å². The topological polar surface area (TPSA) is 84.7 Å². The average molecular weight is 407 g/mol. The van der Waals surface area contributed by atoms with Crippen LogP contribution in [0.5, 0.6) is 0 Å². The Balaban J connectivity index is 1.93. The number of hydrogen-bond acceptors (Lipinski definition) is 3. The summed E-state index contributed by atoms with van der Waals surface area (Å²) in [5.74, 6) is -0.289. The van der Waals surface area contributed by atoms with E-state index in [1.807, 2.05) is 32.0 Å². The number of carbonyl (C=O) groups excluding carboxylic acids is 1. The van der Waals surface area contributed by atoms with Gasteiger partial charge in [0.25, 0.3) is 0 Å². The SMILES string of the molecule is CCn1c(=O)n(CC)c2cc(-c3nc(NC(C)=O)[nH]c3-c3ccc(F)cc3)ccc21. The number of nitrogens with zero attached hydrogens (tertiary/aromatic N) is 3. The minimum Gasteiger partial charge on any atom is -0.323 e. The molecule has 7 nitrogen and oxygen atoms in total. The fourth-order valence-corrected chi connectivity index (χ4v) is 3.71. The molecule has 4 aromatic rings. The van der Waals surface area contributed by atoms with Crippen molar-refractivity contribution in [3.8, 4) is 22.5 Å². The number of aromatic nitrogens is 4. The maximum atomic E-state index is 13.4. The molecule has 0 atom stereocenters. The number of rotatable bonds is 5. The Morgan fingerprint density at radius 2 is 1.67 bits per heavy atom. The van der Waals surface area contributed by atoms with Crippen molar-refractivity contribution in [3.63, 3.8) is 0 Å². The quantitative estimate of drug-likeness (QED) is 0.524. The van der Waals surface area contributed by atoms with Gasteiger partial charge in [-0.1, -0.05) is 6.07 Å². The van der Waals surface area contributed by atoms with E-state index < -0.39 is 0 Å². The largest absolute Gasteiger partial charge is 0.329 e. The highest BCUT2D eigenvalue weighted by atomic mass is 19.1. The van der Waals surface area contributed by atoms with Crippen molar-refractivity contribution >= 4 is 22.9 Å². The molecule has 0 aliphatic carbocycles. The molecule has 2 aromatic heterocycles. The molecule has 2 N–H and O–H groups in total. The maximum Gasteiger partial charge on any atom is 0.329 e. The van der Waals surface area contributed by atoms with E-state index in [9.17, 15) is 14.0 Å². The molecule has 0 saturated carbocycles. The highest BCUT2D eigenvalue weighted by Crippen LogP contribution is 2.33. The van der Waals surface area contributed by atoms with Crippen molar-refractivity contribution in [2.75, 3.05) is 5.32 Å². The van der Waals surface area contributed by atoms with Gasteiger partial charge in [-0.25, -0.2) is 14.2 Å². The minimum absolute atomic E-state index is 0.0492. The van der Waals surface area contributed by atoms with Crippen molar-refractivity contribution in [1.82, 2.24) is 19.1 Å². The molecule has 0 spiro atoms. The number of H-pyrrole nitrogens is 1. The number of halogens is 1. The normalized spacial score (nSPS) is 11.2. The van der Waals surface area contributed by atoms with Crippen LogP contribution in [0.25, 0.3) is 33.5 Å². The molecule has 0 saturated heterocycles. The van der Waals surface area contributed by atoms with E-state index in [4.69, 9.17) is 0 Å². The highest BCUT2D eigenvalue weighted by molar-refractivity contribution is 5.90. The fourth-order valence-electron chi connectivity index (χ4n) is 3.71. The third-order valence-electron chi connectivity index (χ3n) is 5.06. The molecule has 2 aromatic carbocycles. The number of anilines is 1. The Hall–Kier alpha value is -3.68. The molecule has 0 unspecified atom stereocenters. The van der Waals surface area contributed by atoms with E-state index in [-0.39, 0.29) is 17.4 Å². The second-order valence-corrected chi connectivity index (χ2v) is 6.97. The van der Waals surface area contributed by atoms with E-state index in [2.05, 4.69) is 15.3 Å². The van der Waals surface area contributed by atoms with Gasteiger partial charge >= 0.3 is 5.69 Å². The Bertz CT molecular complexity index is 1300. The second kappa shape index (κ2) is 7.62. The number of fused-ring (bicyclic) bond motifs is 1. The number of nitrogens with one attached hydrogen (secondary N) is 2. The Kier molecular flexibility index (Phi) is 4.99. The van der Waals surface area contributed by atoms with Gasteiger partial charge in [0.1, 0.15) is 5.82 Å². The highest BCUT2D eigenvalue weighted by Gasteiger charge is 2.18. The lowest BCUT2D eigenvalue weighted by Crippen LogP contribution is -2.22. The maximum absolute atomic E-state index is 13.4. The molecule has 0 bridgehead atoms. The average Bonchev–Trinajstić information content (AvgIpc) is 3.25. The molecule has 0 fully saturated rings. The lowest BCUT2D eigenvalue weighted by Gasteiger charge is -2.05. The predicted molar refractivity (Wildman–Crippen MR) is 115 cm³/mol. The molecular weight excluding hydrogens is 385 g/mol. The molecule has 2 heterocycles. The van der Waals surface area contributed by atoms with Crippen LogP contribution in [0.1, 0.15) is 20.8 Å². The van der Waals surface area contributed by atoms with Gasteiger partial charge in [-0.05, 0) is 50.2 Å². The van der Waals surface area contributed by atoms with E-state index in [0.29, 0.717) is 30.4 Å². The number of aromatic amines is 1. The number of hydrogen-bond donors (Lipinski definition) is 2. The monoisotopic (exact) mass is 407 g/mol. The third kappa shape index (κ3) is 3.30. The van der Waals surface area contributed by atoms with Gasteiger partial charge in [0, 0.05) is 31.1 Å². The van der Waals surface area contributed by atoms with E-state index in [1.165, 1.54) is 19.1 Å². The minimum atomic E-state index is -0.337. The van der Waals surface area contributed by atoms with Crippen LogP contribution in [0.4, 0.5) is 10.3 Å². The number of imidazole rings is 2. The first-order valence-electron chi connectivity index (χ1n) is 9.79. The molecule has 4 rings (SSSR count). The summed E-state index contributed by atoms with van der Waals surface area (Å²) in [6.45, 7) is 6.40. The van der Waals surface area contributed by atoms with Crippen LogP contribution >= 0.6 is 0 Å². The van der Waals surface area contributed by atoms with Crippen molar-refractivity contribution in [1.29, 1.82) is 0 Å². The standard InChI is InChI=1S/C22H22FN5O2/c1-4-27-17-11-8-15(12-18(17)28(5-2)22(27)30)20-19(14-6-9-16(23)10-7-14)25-21(26-20)24-13(3)29/h6-12H,4-5H2,1-3H3,(H2,24,25,26,29). The Morgan fingerprint density at radius 1 is 1.03 bits per heavy atom. The molecule has 1 amide bonds. The number of aryl methyl sites for hydroxylation is 2. The van der Waals surface area contributed by atoms with Crippen LogP contribution in [0.2, 0.25) is 0 Å². The zero-order valence-corrected chi connectivity index (χ0v) is 17.0. The van der Waals surface area contributed by atoms with Crippen LogP contribution in [-0.2, 0) is 17.9 Å². The summed E-state index contributed by atoms with van der Waals surface area (Å²) in [4.78, 5) is 31.9. The van der Waals surface area contributed by atoms with Crippen LogP contribution in [0.3, 0.4) is 0 Å². The summed E-state index contributed by atoms with van der Waals surface area (Å²) in [5, 5.41) is 2.66. The first-order valence-corrected chi connectivity index (χ1v) is 9.79. The summed E-state index contributed by atoms with van der Waals surface area (Å²) in [6, 6.07) is 11.8. The number of amides is 1. The van der Waals surface area contributed by atoms with Crippen LogP contribution < -0.4 is 11.0 Å². The molecule has 30 heavy (non-hydrogen) atoms. The van der Waals surface area contributed by atoms with E-state index >= 15 is 0 Å². The summed E-state index contributed by atoms with van der Waals surface area (Å²) >= 11 is 0. The van der Waals surface area contributed by atoms with E-state index in [1.54, 1.807) is 21.3 Å². The Labute approximate surface area is 172 Å². The van der Waals surface area contributed by atoms with Gasteiger partial charge in [0.2, 0.25) is 11.9 Å². The van der Waals surface area contributed by atoms with Crippen molar-refractivity contribution in [2.24, 2.45) is 0 Å². The van der Waals surface area contributed by atoms with Crippen molar-refractivity contribution in [2.45, 2.75) is 33.9 Å². The molecular formula is C22H22FN5O2. The molecule has 0 radical (unpaired) electrons. The zero-order chi connectivity index (χ0) is 21.4.